The number of nitrogens with two attached hydrogens (primary N) is 1. The van der Waals surface area contributed by atoms with Crippen LogP contribution in [-0.4, -0.2) is 19.1 Å². The molecule has 0 aromatic heterocycles. The predicted molar refractivity (Wildman–Crippen MR) is 52.8 cm³/mol. The van der Waals surface area contributed by atoms with Crippen LogP contribution in [0, 0.1) is 0 Å². The van der Waals surface area contributed by atoms with Crippen molar-refractivity contribution in [1.82, 2.24) is 5.32 Å². The normalized spacial score (nSPS) is 14.7. The summed E-state index contributed by atoms with van der Waals surface area (Å²) in [7, 11) is 1.95. The molecule has 0 saturated carbocycles. The predicted octanol–water partition coefficient (Wildman–Crippen LogP) is 1.75. The Morgan fingerprint density at radius 3 is 2.09 bits per heavy atom. The molecule has 0 heterocycles. The molecule has 0 amide bonds. The van der Waals surface area contributed by atoms with Crippen LogP contribution in [0.5, 0.6) is 0 Å². The third-order valence-corrected chi connectivity index (χ3v) is 1.75. The van der Waals surface area contributed by atoms with Crippen molar-refractivity contribution >= 4 is 0 Å². The zero-order valence-electron chi connectivity index (χ0n) is 8.70. The molecule has 0 aliphatic rings. The summed E-state index contributed by atoms with van der Waals surface area (Å²) >= 11 is 0. The molecular formula is C9H24N2. The quantitative estimate of drug-likeness (QED) is 0.657. The second-order valence-electron chi connectivity index (χ2n) is 2.86. The highest BCUT2D eigenvalue weighted by Gasteiger charge is 2.13. The van der Waals surface area contributed by atoms with Crippen LogP contribution in [0.25, 0.3) is 0 Å². The van der Waals surface area contributed by atoms with E-state index in [4.69, 9.17) is 5.73 Å². The molecule has 2 heteroatoms. The van der Waals surface area contributed by atoms with Crippen LogP contribution in [0.3, 0.4) is 0 Å². The second kappa shape index (κ2) is 8.02. The van der Waals surface area contributed by atoms with Gasteiger partial charge >= 0.3 is 0 Å². The molecule has 0 aliphatic carbocycles. The molecule has 0 aromatic rings. The van der Waals surface area contributed by atoms with Crippen LogP contribution in [0.4, 0.5) is 0 Å². The largest absolute Gasteiger partial charge is 0.325 e. The molecule has 70 valence electrons. The van der Waals surface area contributed by atoms with Crippen molar-refractivity contribution < 1.29 is 0 Å². The van der Waals surface area contributed by atoms with Crippen LogP contribution in [-0.2, 0) is 0 Å². The van der Waals surface area contributed by atoms with Gasteiger partial charge < -0.3 is 11.1 Å². The van der Waals surface area contributed by atoms with Crippen LogP contribution >= 0.6 is 0 Å². The molecule has 11 heavy (non-hydrogen) atoms. The Labute approximate surface area is 71.6 Å². The zero-order chi connectivity index (χ0) is 9.33. The SMILES string of the molecule is CC.CCC(C)(N)CCNC. The molecule has 0 radical (unpaired) electrons. The Hall–Kier alpha value is -0.0800. The van der Waals surface area contributed by atoms with Crippen LogP contribution < -0.4 is 11.1 Å². The summed E-state index contributed by atoms with van der Waals surface area (Å²) in [6.07, 6.45) is 2.11. The Balaban J connectivity index is 0. The molecule has 0 fully saturated rings. The van der Waals surface area contributed by atoms with Crippen molar-refractivity contribution in [2.75, 3.05) is 13.6 Å². The summed E-state index contributed by atoms with van der Waals surface area (Å²) in [5, 5.41) is 3.08. The Bertz CT molecular complexity index is 70.0. The molecule has 0 aromatic carbocycles. The van der Waals surface area contributed by atoms with E-state index in [1.807, 2.05) is 20.9 Å². The maximum Gasteiger partial charge on any atom is 0.0135 e. The lowest BCUT2D eigenvalue weighted by Crippen LogP contribution is -2.37. The third-order valence-electron chi connectivity index (χ3n) is 1.75. The van der Waals surface area contributed by atoms with Gasteiger partial charge in [0, 0.05) is 5.54 Å². The maximum atomic E-state index is 5.86. The van der Waals surface area contributed by atoms with E-state index < -0.39 is 0 Å². The van der Waals surface area contributed by atoms with E-state index in [0.717, 1.165) is 19.4 Å². The zero-order valence-corrected chi connectivity index (χ0v) is 8.70. The van der Waals surface area contributed by atoms with Gasteiger partial charge in [-0.1, -0.05) is 20.8 Å². The lowest BCUT2D eigenvalue weighted by molar-refractivity contribution is 0.412. The van der Waals surface area contributed by atoms with Crippen molar-refractivity contribution in [2.45, 2.75) is 46.1 Å². The first-order chi connectivity index (χ1) is 5.12. The minimum Gasteiger partial charge on any atom is -0.325 e. The standard InChI is InChI=1S/C7H18N2.C2H6/c1-4-7(2,8)5-6-9-3;1-2/h9H,4-6,8H2,1-3H3;1-2H3. The van der Waals surface area contributed by atoms with E-state index >= 15 is 0 Å². The molecule has 1 atom stereocenters. The number of nitrogens with one attached hydrogen (secondary N) is 1. The van der Waals surface area contributed by atoms with E-state index in [9.17, 15) is 0 Å². The van der Waals surface area contributed by atoms with Gasteiger partial charge in [-0.05, 0) is 33.4 Å². The summed E-state index contributed by atoms with van der Waals surface area (Å²) in [6, 6.07) is 0. The molecular weight excluding hydrogens is 136 g/mol. The summed E-state index contributed by atoms with van der Waals surface area (Å²) in [6.45, 7) is 9.22. The minimum atomic E-state index is 0.0308. The van der Waals surface area contributed by atoms with Gasteiger partial charge in [0.25, 0.3) is 0 Å². The molecule has 1 unspecified atom stereocenters. The van der Waals surface area contributed by atoms with E-state index in [2.05, 4.69) is 19.2 Å². The van der Waals surface area contributed by atoms with Gasteiger partial charge in [0.15, 0.2) is 0 Å². The molecule has 0 saturated heterocycles. The van der Waals surface area contributed by atoms with Crippen molar-refractivity contribution in [1.29, 1.82) is 0 Å². The Kier molecular flexibility index (Phi) is 9.85. The van der Waals surface area contributed by atoms with Crippen molar-refractivity contribution in [2.24, 2.45) is 5.73 Å². The lowest BCUT2D eigenvalue weighted by Gasteiger charge is -2.21. The van der Waals surface area contributed by atoms with Gasteiger partial charge in [0.05, 0.1) is 0 Å². The van der Waals surface area contributed by atoms with Crippen molar-refractivity contribution in [3.05, 3.63) is 0 Å². The average Bonchev–Trinajstić information content (AvgIpc) is 2.05. The van der Waals surface area contributed by atoms with Crippen LogP contribution in [0.2, 0.25) is 0 Å². The summed E-state index contributed by atoms with van der Waals surface area (Å²) < 4.78 is 0. The number of rotatable bonds is 4. The molecule has 0 bridgehead atoms. The van der Waals surface area contributed by atoms with Gasteiger partial charge in [0.2, 0.25) is 0 Å². The van der Waals surface area contributed by atoms with Gasteiger partial charge in [0.1, 0.15) is 0 Å². The average molecular weight is 160 g/mol. The first-order valence-electron chi connectivity index (χ1n) is 4.56. The third kappa shape index (κ3) is 9.92. The van der Waals surface area contributed by atoms with Crippen molar-refractivity contribution in [3.63, 3.8) is 0 Å². The summed E-state index contributed by atoms with van der Waals surface area (Å²) in [4.78, 5) is 0. The second-order valence-corrected chi connectivity index (χ2v) is 2.86. The fourth-order valence-electron chi connectivity index (χ4n) is 0.587. The monoisotopic (exact) mass is 160 g/mol. The van der Waals surface area contributed by atoms with E-state index in [1.54, 1.807) is 0 Å². The molecule has 2 nitrogen and oxygen atoms in total. The van der Waals surface area contributed by atoms with E-state index in [-0.39, 0.29) is 5.54 Å². The van der Waals surface area contributed by atoms with Crippen LogP contribution in [0.15, 0.2) is 0 Å². The maximum absolute atomic E-state index is 5.86. The van der Waals surface area contributed by atoms with Gasteiger partial charge in [-0.25, -0.2) is 0 Å². The fourth-order valence-corrected chi connectivity index (χ4v) is 0.587. The topological polar surface area (TPSA) is 38.0 Å². The lowest BCUT2D eigenvalue weighted by atomic mass is 9.96. The highest BCUT2D eigenvalue weighted by atomic mass is 14.8. The van der Waals surface area contributed by atoms with Crippen LogP contribution in [0.1, 0.15) is 40.5 Å². The van der Waals surface area contributed by atoms with Crippen molar-refractivity contribution in [3.8, 4) is 0 Å². The van der Waals surface area contributed by atoms with E-state index in [0.29, 0.717) is 0 Å². The van der Waals surface area contributed by atoms with Gasteiger partial charge in [-0.2, -0.15) is 0 Å². The summed E-state index contributed by atoms with van der Waals surface area (Å²) in [5.74, 6) is 0. The number of hydrogen-bond donors (Lipinski definition) is 2. The molecule has 3 N–H and O–H groups in total. The number of hydrogen-bond acceptors (Lipinski definition) is 2. The highest BCUT2D eigenvalue weighted by Crippen LogP contribution is 2.07. The van der Waals surface area contributed by atoms with Gasteiger partial charge in [-0.3, -0.25) is 0 Å². The summed E-state index contributed by atoms with van der Waals surface area (Å²) in [5.41, 5.74) is 5.89. The minimum absolute atomic E-state index is 0.0308. The van der Waals surface area contributed by atoms with Gasteiger partial charge in [-0.15, -0.1) is 0 Å². The molecule has 0 rings (SSSR count). The Morgan fingerprint density at radius 1 is 1.36 bits per heavy atom. The van der Waals surface area contributed by atoms with E-state index in [1.165, 1.54) is 0 Å². The molecule has 0 aliphatic heterocycles. The fraction of sp³-hybridized carbons (Fsp3) is 1.00. The smallest absolute Gasteiger partial charge is 0.0135 e. The molecule has 0 spiro atoms. The first kappa shape index (κ1) is 13.5. The highest BCUT2D eigenvalue weighted by molar-refractivity contribution is 4.76. The Morgan fingerprint density at radius 2 is 1.82 bits per heavy atom. The first-order valence-corrected chi connectivity index (χ1v) is 4.56.